The zero-order chi connectivity index (χ0) is 26.5. The van der Waals surface area contributed by atoms with Crippen LogP contribution in [0.2, 0.25) is 19.6 Å². The first kappa shape index (κ1) is 27.0. The van der Waals surface area contributed by atoms with Gasteiger partial charge in [0.2, 0.25) is 11.8 Å². The number of carbonyl (C=O) groups is 1. The lowest BCUT2D eigenvalue weighted by Gasteiger charge is -2.28. The monoisotopic (exact) mass is 518 g/mol. The van der Waals surface area contributed by atoms with E-state index in [0.29, 0.717) is 22.3 Å². The lowest BCUT2D eigenvalue weighted by molar-refractivity contribution is -0.200. The fraction of sp³-hybridized carbons (Fsp3) is 0.292. The summed E-state index contributed by atoms with van der Waals surface area (Å²) in [6, 6.07) is 9.47. The highest BCUT2D eigenvalue weighted by Crippen LogP contribution is 2.39. The van der Waals surface area contributed by atoms with Crippen molar-refractivity contribution in [1.29, 1.82) is 0 Å². The summed E-state index contributed by atoms with van der Waals surface area (Å²) in [6.45, 7) is 5.16. The Morgan fingerprint density at radius 3 is 1.83 bits per heavy atom. The van der Waals surface area contributed by atoms with E-state index in [9.17, 15) is 18.0 Å². The number of hydrogen-bond acceptors (Lipinski definition) is 8. The number of carbonyl (C=O) groups excluding carboxylic acids is 1. The third-order valence-corrected chi connectivity index (χ3v) is 5.78. The van der Waals surface area contributed by atoms with E-state index >= 15 is 0 Å². The number of benzene rings is 2. The van der Waals surface area contributed by atoms with E-state index < -0.39 is 20.6 Å². The number of nitrogens with zero attached hydrogens (tertiary/aromatic N) is 4. The molecule has 0 saturated carbocycles. The molecule has 0 aliphatic carbocycles. The molecule has 0 spiro atoms. The smallest absolute Gasteiger partial charge is 0.417 e. The van der Waals surface area contributed by atoms with Crippen molar-refractivity contribution >= 4 is 36.4 Å². The second-order valence-electron chi connectivity index (χ2n) is 8.59. The van der Waals surface area contributed by atoms with Gasteiger partial charge >= 0.3 is 6.18 Å². The molecule has 190 valence electrons. The highest BCUT2D eigenvalue weighted by Gasteiger charge is 2.44. The van der Waals surface area contributed by atoms with Gasteiger partial charge in [0.25, 0.3) is 0 Å². The van der Waals surface area contributed by atoms with Gasteiger partial charge in [0.1, 0.15) is 18.9 Å². The van der Waals surface area contributed by atoms with E-state index in [1.165, 1.54) is 45.1 Å². The van der Waals surface area contributed by atoms with Crippen LogP contribution in [0, 0.1) is 0 Å². The molecule has 0 amide bonds. The predicted octanol–water partition coefficient (Wildman–Crippen LogP) is 5.54. The van der Waals surface area contributed by atoms with Crippen LogP contribution in [0.4, 0.5) is 13.2 Å². The fourth-order valence-corrected chi connectivity index (χ4v) is 4.32. The molecule has 0 aliphatic heterocycles. The number of fused-ring (bicyclic) bond motifs is 2. The Hall–Kier alpha value is -3.64. The van der Waals surface area contributed by atoms with Gasteiger partial charge in [-0.2, -0.15) is 13.2 Å². The van der Waals surface area contributed by atoms with E-state index in [-0.39, 0.29) is 11.4 Å². The van der Waals surface area contributed by atoms with Crippen LogP contribution in [0.3, 0.4) is 0 Å². The Labute approximate surface area is 206 Å². The maximum absolute atomic E-state index is 13.4. The lowest BCUT2D eigenvalue weighted by atomic mass is 10.1. The third-order valence-electron chi connectivity index (χ3n) is 4.84. The highest BCUT2D eigenvalue weighted by molar-refractivity contribution is 6.69. The Bertz CT molecular complexity index is 1360. The molecule has 36 heavy (non-hydrogen) atoms. The molecule has 0 saturated heterocycles. The van der Waals surface area contributed by atoms with Crippen LogP contribution in [0.1, 0.15) is 22.0 Å². The number of hydrogen-bond donors (Lipinski definition) is 0. The van der Waals surface area contributed by atoms with Crippen molar-refractivity contribution in [2.75, 3.05) is 14.2 Å². The molecule has 8 nitrogen and oxygen atoms in total. The molecule has 12 heteroatoms. The molecule has 0 fully saturated rings. The first-order valence-corrected chi connectivity index (χ1v) is 14.1. The van der Waals surface area contributed by atoms with Crippen molar-refractivity contribution in [1.82, 2.24) is 19.9 Å². The molecular formula is C24H25F3N4O4Si. The zero-order valence-electron chi connectivity index (χ0n) is 20.3. The molecule has 0 radical (unpaired) electrons. The second kappa shape index (κ2) is 11.0. The number of aldehydes is 1. The van der Waals surface area contributed by atoms with Gasteiger partial charge in [-0.1, -0.05) is 6.07 Å². The molecule has 2 aromatic carbocycles. The topological polar surface area (TPSA) is 96.3 Å². The van der Waals surface area contributed by atoms with Crippen LogP contribution in [0.25, 0.3) is 21.8 Å². The molecule has 0 N–H and O–H groups in total. The summed E-state index contributed by atoms with van der Waals surface area (Å²) >= 11 is 0. The summed E-state index contributed by atoms with van der Waals surface area (Å²) in [7, 11) is 0.563. The van der Waals surface area contributed by atoms with Crippen LogP contribution >= 0.6 is 0 Å². The van der Waals surface area contributed by atoms with Crippen LogP contribution in [-0.4, -0.2) is 54.9 Å². The number of methoxy groups -OCH3 is 2. The Balaban J connectivity index is 0.000000221. The quantitative estimate of drug-likeness (QED) is 0.242. The van der Waals surface area contributed by atoms with Crippen molar-refractivity contribution < 1.29 is 31.9 Å². The summed E-state index contributed by atoms with van der Waals surface area (Å²) in [5.41, 5.74) is 1.90. The third kappa shape index (κ3) is 6.52. The van der Waals surface area contributed by atoms with Gasteiger partial charge in [0.15, 0.2) is 14.4 Å². The maximum atomic E-state index is 13.4. The minimum absolute atomic E-state index is 0.0236. The van der Waals surface area contributed by atoms with Crippen molar-refractivity contribution in [3.63, 3.8) is 0 Å². The summed E-state index contributed by atoms with van der Waals surface area (Å²) in [4.78, 5) is 26.5. The van der Waals surface area contributed by atoms with Gasteiger partial charge in [-0.15, -0.1) is 0 Å². The SMILES string of the molecule is COc1ncnc2ccc(C(O[Si](C)(C)C)C(F)(F)F)cc12.COc1ncnc2ccc(C=O)cc12. The molecule has 4 aromatic rings. The van der Waals surface area contributed by atoms with Gasteiger partial charge in [-0.25, -0.2) is 19.9 Å². The summed E-state index contributed by atoms with van der Waals surface area (Å²) in [5.74, 6) is 0.722. The Kier molecular flexibility index (Phi) is 8.20. The van der Waals surface area contributed by atoms with Gasteiger partial charge in [0.05, 0.1) is 36.0 Å². The molecule has 1 atom stereocenters. The Morgan fingerprint density at radius 1 is 0.833 bits per heavy atom. The predicted molar refractivity (Wildman–Crippen MR) is 131 cm³/mol. The average molecular weight is 519 g/mol. The fourth-order valence-electron chi connectivity index (χ4n) is 3.34. The average Bonchev–Trinajstić information content (AvgIpc) is 2.85. The normalized spacial score (nSPS) is 12.6. The second-order valence-corrected chi connectivity index (χ2v) is 13.0. The first-order valence-electron chi connectivity index (χ1n) is 10.7. The summed E-state index contributed by atoms with van der Waals surface area (Å²) in [6.07, 6.45) is -2.93. The van der Waals surface area contributed by atoms with Gasteiger partial charge < -0.3 is 13.9 Å². The maximum Gasteiger partial charge on any atom is 0.417 e. The van der Waals surface area contributed by atoms with Crippen molar-refractivity contribution in [2.24, 2.45) is 0 Å². The molecule has 2 heterocycles. The van der Waals surface area contributed by atoms with Gasteiger partial charge in [0, 0.05) is 5.56 Å². The zero-order valence-corrected chi connectivity index (χ0v) is 21.3. The standard InChI is InChI=1S/C14H17F3N2O2Si.C10H8N2O2/c1-20-13-10-7-9(5-6-11(10)18-8-19-13)12(14(15,16)17)21-22(2,3)4;1-14-10-8-4-7(5-13)2-3-9(8)11-6-12-10/h5-8,12H,1-4H3;2-6H,1H3. The molecule has 0 aliphatic rings. The molecule has 1 unspecified atom stereocenters. The molecule has 4 rings (SSSR count). The number of rotatable bonds is 6. The molecule has 0 bridgehead atoms. The minimum atomic E-state index is -4.49. The summed E-state index contributed by atoms with van der Waals surface area (Å²) < 4.78 is 55.5. The van der Waals surface area contributed by atoms with Crippen molar-refractivity contribution in [3.8, 4) is 11.8 Å². The van der Waals surface area contributed by atoms with E-state index in [1.807, 2.05) is 0 Å². The number of halogens is 3. The van der Waals surface area contributed by atoms with Crippen molar-refractivity contribution in [3.05, 3.63) is 60.2 Å². The largest absolute Gasteiger partial charge is 0.480 e. The van der Waals surface area contributed by atoms with Crippen molar-refractivity contribution in [2.45, 2.75) is 31.9 Å². The minimum Gasteiger partial charge on any atom is -0.480 e. The van der Waals surface area contributed by atoms with Crippen LogP contribution < -0.4 is 9.47 Å². The van der Waals surface area contributed by atoms with Crippen LogP contribution in [0.15, 0.2) is 49.1 Å². The number of alkyl halides is 3. The van der Waals surface area contributed by atoms with Gasteiger partial charge in [-0.05, 0) is 55.5 Å². The summed E-state index contributed by atoms with van der Waals surface area (Å²) in [5, 5.41) is 1.18. The van der Waals surface area contributed by atoms with E-state index in [2.05, 4.69) is 19.9 Å². The Morgan fingerprint density at radius 2 is 1.36 bits per heavy atom. The van der Waals surface area contributed by atoms with Gasteiger partial charge in [-0.3, -0.25) is 4.79 Å². The highest BCUT2D eigenvalue weighted by atomic mass is 28.4. The number of ether oxygens (including phenoxy) is 2. The lowest BCUT2D eigenvalue weighted by Crippen LogP contribution is -2.35. The van der Waals surface area contributed by atoms with E-state index in [4.69, 9.17) is 13.9 Å². The molecular weight excluding hydrogens is 493 g/mol. The van der Waals surface area contributed by atoms with E-state index in [0.717, 1.165) is 17.2 Å². The van der Waals surface area contributed by atoms with Crippen LogP contribution in [0.5, 0.6) is 11.8 Å². The van der Waals surface area contributed by atoms with Crippen LogP contribution in [-0.2, 0) is 4.43 Å². The molecule has 2 aromatic heterocycles. The number of aromatic nitrogens is 4. The first-order chi connectivity index (χ1) is 17.0. The van der Waals surface area contributed by atoms with E-state index in [1.54, 1.807) is 37.8 Å².